The molecule has 46 heavy (non-hydrogen) atoms. The average Bonchev–Trinajstić information content (AvgIpc) is 3.76. The molecule has 0 spiro atoms. The molecule has 0 aromatic carbocycles. The van der Waals surface area contributed by atoms with Crippen LogP contribution >= 0.6 is 15.6 Å². The highest BCUT2D eigenvalue weighted by molar-refractivity contribution is 7.59. The van der Waals surface area contributed by atoms with E-state index in [0.29, 0.717) is 16.8 Å². The molecule has 0 bridgehead atoms. The first kappa shape index (κ1) is 33.2. The number of aromatic nitrogens is 2. The van der Waals surface area contributed by atoms with Crippen molar-refractivity contribution in [2.75, 3.05) is 18.9 Å². The molecule has 250 valence electrons. The number of hydrogen-bond acceptors (Lipinski definition) is 19. The van der Waals surface area contributed by atoms with E-state index in [1.54, 1.807) is 18.2 Å². The molecule has 2 saturated heterocycles. The fourth-order valence-corrected chi connectivity index (χ4v) is 8.06. The fraction of sp³-hybridized carbons (Fsp3) is 0.520. The van der Waals surface area contributed by atoms with Gasteiger partial charge in [-0.05, 0) is 12.5 Å². The molecule has 2 fully saturated rings. The standard InChI is InChI=1S/C25H32N6O13P2/c1-25(13-6-28-17-16(13)30-9-31-24(17)27)22(35)19(33)15(43-25)8-41-46(38,39)44-45(36,37)40-7-14-18(32)20(34)21(42-14)12-5-29-23(26)11-4-2-3-10(11)12/h2-6,9,12-15,18-22,32-35H,7-8,26H2,1H3,(H,36,37)(H,38,39)(H2,27,30,31)/p-2/t12?,13?,14-,15+,18?,19?,20+,21-,22-,25-/m1/s1. The lowest BCUT2D eigenvalue weighted by atomic mass is 9.82. The fourth-order valence-electron chi connectivity index (χ4n) is 6.04. The first-order valence-corrected chi connectivity index (χ1v) is 16.8. The highest BCUT2D eigenvalue weighted by Crippen LogP contribution is 2.56. The quantitative estimate of drug-likeness (QED) is 0.140. The molecule has 1 aromatic rings. The number of nitrogens with zero attached hydrogens (tertiary/aromatic N) is 4. The first-order chi connectivity index (χ1) is 21.6. The van der Waals surface area contributed by atoms with Crippen molar-refractivity contribution in [1.29, 1.82) is 0 Å². The number of allylic oxidation sites excluding steroid dienone is 4. The Morgan fingerprint density at radius 2 is 1.67 bits per heavy atom. The Balaban J connectivity index is 1.03. The zero-order chi connectivity index (χ0) is 33.2. The van der Waals surface area contributed by atoms with Gasteiger partial charge >= 0.3 is 0 Å². The molecule has 0 radical (unpaired) electrons. The Morgan fingerprint density at radius 3 is 2.39 bits per heavy atom. The van der Waals surface area contributed by atoms with Gasteiger partial charge in [0.2, 0.25) is 0 Å². The van der Waals surface area contributed by atoms with Crippen molar-refractivity contribution >= 4 is 39.6 Å². The minimum atomic E-state index is -5.67. The molecule has 6 rings (SSSR count). The molecule has 12 atom stereocenters. The summed E-state index contributed by atoms with van der Waals surface area (Å²) in [5.41, 5.74) is 12.0. The van der Waals surface area contributed by atoms with Gasteiger partial charge in [0.15, 0.2) is 5.82 Å². The molecule has 1 aromatic heterocycles. The van der Waals surface area contributed by atoms with Crippen LogP contribution < -0.4 is 21.3 Å². The maximum atomic E-state index is 12.4. The zero-order valence-electron chi connectivity index (χ0n) is 23.9. The predicted octanol–water partition coefficient (Wildman–Crippen LogP) is -2.42. The van der Waals surface area contributed by atoms with Crippen LogP contribution in [0.15, 0.2) is 51.5 Å². The number of aliphatic imine (C=N–C) groups is 2. The Kier molecular flexibility index (Phi) is 8.69. The molecule has 19 nitrogen and oxygen atoms in total. The second-order valence-electron chi connectivity index (χ2n) is 11.3. The van der Waals surface area contributed by atoms with Crippen molar-refractivity contribution in [2.45, 2.75) is 61.2 Å². The number of nitrogens with two attached hydrogens (primary N) is 2. The number of hydrogen-bond donors (Lipinski definition) is 6. The van der Waals surface area contributed by atoms with Crippen molar-refractivity contribution in [1.82, 2.24) is 9.97 Å². The topological polar surface area (TPSA) is 310 Å². The van der Waals surface area contributed by atoms with Crippen LogP contribution in [0.4, 0.5) is 11.5 Å². The van der Waals surface area contributed by atoms with Gasteiger partial charge in [0.1, 0.15) is 60.1 Å². The molecule has 8 N–H and O–H groups in total. The molecule has 5 aliphatic rings. The number of ether oxygens (including phenoxy) is 2. The zero-order valence-corrected chi connectivity index (χ0v) is 25.7. The minimum Gasteiger partial charge on any atom is -0.756 e. The summed E-state index contributed by atoms with van der Waals surface area (Å²) >= 11 is 0. The van der Waals surface area contributed by atoms with Crippen LogP contribution in [-0.2, 0) is 32.0 Å². The van der Waals surface area contributed by atoms with Crippen LogP contribution in [0.25, 0.3) is 0 Å². The third-order valence-electron chi connectivity index (χ3n) is 8.45. The van der Waals surface area contributed by atoms with Gasteiger partial charge in [-0.15, -0.1) is 0 Å². The highest BCUT2D eigenvalue weighted by Gasteiger charge is 2.57. The lowest BCUT2D eigenvalue weighted by Crippen LogP contribution is -2.45. The van der Waals surface area contributed by atoms with Gasteiger partial charge in [-0.3, -0.25) is 14.1 Å². The summed E-state index contributed by atoms with van der Waals surface area (Å²) in [5.74, 6) is -1.11. The summed E-state index contributed by atoms with van der Waals surface area (Å²) < 4.78 is 49.8. The number of aliphatic hydroxyl groups excluding tert-OH is 4. The van der Waals surface area contributed by atoms with E-state index >= 15 is 0 Å². The SMILES string of the molecule is C[C@]1(C2C=Nc3c(N)ncnc32)O[C@@H](COP(=O)([O-])OP(=O)([O-])OC[C@H]2O[C@H](C3C=NC(N)=C4C=CC=C43)[C@@H](O)C2O)C(O)[C@H]1O. The Bertz CT molecular complexity index is 1650. The van der Waals surface area contributed by atoms with Crippen LogP contribution in [-0.4, -0.2) is 104 Å². The molecular weight excluding hydrogens is 654 g/mol. The molecule has 4 aliphatic heterocycles. The minimum absolute atomic E-state index is 0.0820. The van der Waals surface area contributed by atoms with Gasteiger partial charge in [-0.1, -0.05) is 18.2 Å². The highest BCUT2D eigenvalue weighted by atomic mass is 31.3. The molecule has 0 amide bonds. The van der Waals surface area contributed by atoms with E-state index < -0.39 is 89.0 Å². The number of aliphatic hydroxyl groups is 4. The number of phosphoric ester groups is 2. The van der Waals surface area contributed by atoms with Crippen LogP contribution in [0.5, 0.6) is 0 Å². The summed E-state index contributed by atoms with van der Waals surface area (Å²) in [7, 11) is -11.3. The third kappa shape index (κ3) is 5.92. The lowest BCUT2D eigenvalue weighted by molar-refractivity contribution is -0.247. The number of nitrogen functional groups attached to an aromatic ring is 1. The van der Waals surface area contributed by atoms with Gasteiger partial charge in [-0.2, -0.15) is 0 Å². The summed E-state index contributed by atoms with van der Waals surface area (Å²) in [6, 6.07) is 0. The Morgan fingerprint density at radius 1 is 0.978 bits per heavy atom. The number of anilines is 1. The van der Waals surface area contributed by atoms with Gasteiger partial charge in [0.25, 0.3) is 15.6 Å². The van der Waals surface area contributed by atoms with E-state index in [0.717, 1.165) is 0 Å². The Hall–Kier alpha value is -2.74. The van der Waals surface area contributed by atoms with Gasteiger partial charge in [-0.25, -0.2) is 19.3 Å². The molecule has 0 saturated carbocycles. The largest absolute Gasteiger partial charge is 0.756 e. The van der Waals surface area contributed by atoms with Crippen LogP contribution in [0.2, 0.25) is 0 Å². The monoisotopic (exact) mass is 684 g/mol. The van der Waals surface area contributed by atoms with E-state index in [-0.39, 0.29) is 17.3 Å². The molecule has 1 aliphatic carbocycles. The molecule has 6 unspecified atom stereocenters. The maximum absolute atomic E-state index is 12.4. The van der Waals surface area contributed by atoms with E-state index in [1.807, 2.05) is 0 Å². The number of fused-ring (bicyclic) bond motifs is 2. The second kappa shape index (κ2) is 12.1. The smallest absolute Gasteiger partial charge is 0.274 e. The van der Waals surface area contributed by atoms with Crippen LogP contribution in [0.1, 0.15) is 18.5 Å². The van der Waals surface area contributed by atoms with Crippen molar-refractivity contribution in [3.8, 4) is 0 Å². The van der Waals surface area contributed by atoms with E-state index in [1.165, 1.54) is 25.7 Å². The van der Waals surface area contributed by atoms with Crippen molar-refractivity contribution < 1.29 is 62.2 Å². The van der Waals surface area contributed by atoms with Gasteiger partial charge < -0.3 is 60.2 Å². The normalized spacial score (nSPS) is 38.9. The van der Waals surface area contributed by atoms with Crippen molar-refractivity contribution in [3.63, 3.8) is 0 Å². The van der Waals surface area contributed by atoms with E-state index in [9.17, 15) is 39.3 Å². The van der Waals surface area contributed by atoms with Crippen LogP contribution in [0.3, 0.4) is 0 Å². The lowest BCUT2D eigenvalue weighted by Gasteiger charge is -2.33. The third-order valence-corrected chi connectivity index (χ3v) is 11.0. The predicted molar refractivity (Wildman–Crippen MR) is 152 cm³/mol. The number of phosphoric acid groups is 2. The molecule has 21 heteroatoms. The summed E-state index contributed by atoms with van der Waals surface area (Å²) in [4.78, 5) is 41.1. The molecule has 5 heterocycles. The van der Waals surface area contributed by atoms with E-state index in [4.69, 9.17) is 20.9 Å². The first-order valence-electron chi connectivity index (χ1n) is 13.9. The van der Waals surface area contributed by atoms with Crippen molar-refractivity contribution in [2.24, 2.45) is 21.6 Å². The molecular formula is C25H30N6O13P2-2. The number of rotatable bonds is 10. The maximum Gasteiger partial charge on any atom is 0.274 e. The van der Waals surface area contributed by atoms with Crippen LogP contribution in [0, 0.1) is 5.92 Å². The van der Waals surface area contributed by atoms with Gasteiger partial charge in [0, 0.05) is 23.9 Å². The Labute approximate surface area is 260 Å². The van der Waals surface area contributed by atoms with Gasteiger partial charge in [0.05, 0.1) is 30.9 Å². The average molecular weight is 684 g/mol. The second-order valence-corrected chi connectivity index (χ2v) is 14.3. The van der Waals surface area contributed by atoms with Crippen molar-refractivity contribution in [3.05, 3.63) is 47.2 Å². The van der Waals surface area contributed by atoms with E-state index in [2.05, 4.69) is 33.3 Å². The summed E-state index contributed by atoms with van der Waals surface area (Å²) in [5, 5.41) is 42.5. The summed E-state index contributed by atoms with van der Waals surface area (Å²) in [6.45, 7) is -0.439. The summed E-state index contributed by atoms with van der Waals surface area (Å²) in [6.07, 6.45) is -1.09.